The average Bonchev–Trinajstić information content (AvgIpc) is 2.01. The molecular weight excluding hydrogens is 298 g/mol. The first kappa shape index (κ1) is 10.7. The molecule has 0 amide bonds. The Kier molecular flexibility index (Phi) is 3.48. The molecule has 0 atom stereocenters. The highest BCUT2D eigenvalue weighted by Crippen LogP contribution is 2.25. The molecule has 0 bridgehead atoms. The minimum absolute atomic E-state index is 0.119. The third kappa shape index (κ3) is 2.31. The molecule has 2 nitrogen and oxygen atoms in total. The van der Waals surface area contributed by atoms with Gasteiger partial charge in [0.25, 0.3) is 6.43 Å². The van der Waals surface area contributed by atoms with Crippen LogP contribution >= 0.6 is 22.6 Å². The maximum atomic E-state index is 12.8. The molecule has 1 aromatic rings. The minimum Gasteiger partial charge on any atom is -0.392 e. The van der Waals surface area contributed by atoms with Crippen molar-refractivity contribution in [3.05, 3.63) is 26.8 Å². The predicted molar refractivity (Wildman–Crippen MR) is 47.8 cm³/mol. The molecule has 0 unspecified atom stereocenters. The lowest BCUT2D eigenvalue weighted by atomic mass is 10.1. The number of pyridine rings is 1. The molecule has 6 heteroatoms. The van der Waals surface area contributed by atoms with Gasteiger partial charge < -0.3 is 5.11 Å². The fourth-order valence-corrected chi connectivity index (χ4v) is 1.49. The van der Waals surface area contributed by atoms with Crippen LogP contribution in [0.25, 0.3) is 0 Å². The Morgan fingerprint density at radius 3 is 2.62 bits per heavy atom. The van der Waals surface area contributed by atoms with Crippen LogP contribution in [0.4, 0.5) is 13.2 Å². The highest BCUT2D eigenvalue weighted by atomic mass is 127. The molecule has 0 saturated heterocycles. The minimum atomic E-state index is -2.95. The number of nitrogens with zero attached hydrogens (tertiary/aromatic N) is 1. The molecule has 13 heavy (non-hydrogen) atoms. The number of rotatable bonds is 2. The van der Waals surface area contributed by atoms with Crippen molar-refractivity contribution >= 4 is 22.6 Å². The lowest BCUT2D eigenvalue weighted by Gasteiger charge is -2.06. The van der Waals surface area contributed by atoms with E-state index in [2.05, 4.69) is 4.98 Å². The highest BCUT2D eigenvalue weighted by molar-refractivity contribution is 14.1. The van der Waals surface area contributed by atoms with Crippen LogP contribution < -0.4 is 0 Å². The summed E-state index contributed by atoms with van der Waals surface area (Å²) in [6, 6.07) is 1.23. The summed E-state index contributed by atoms with van der Waals surface area (Å²) in [6.45, 7) is -0.616. The number of aliphatic hydroxyl groups excluding tert-OH is 1. The van der Waals surface area contributed by atoms with E-state index in [1.165, 1.54) is 6.07 Å². The zero-order valence-electron chi connectivity index (χ0n) is 6.27. The number of aromatic nitrogens is 1. The molecule has 1 rings (SSSR count). The zero-order chi connectivity index (χ0) is 10.0. The quantitative estimate of drug-likeness (QED) is 0.671. The van der Waals surface area contributed by atoms with Gasteiger partial charge >= 0.3 is 0 Å². The van der Waals surface area contributed by atoms with Crippen molar-refractivity contribution < 1.29 is 18.3 Å². The highest BCUT2D eigenvalue weighted by Gasteiger charge is 2.19. The van der Waals surface area contributed by atoms with Crippen LogP contribution in [0.2, 0.25) is 0 Å². The summed E-state index contributed by atoms with van der Waals surface area (Å²) in [5, 5.41) is 8.69. The molecule has 0 aliphatic rings. The monoisotopic (exact) mass is 303 g/mol. The molecule has 1 N–H and O–H groups in total. The summed E-state index contributed by atoms with van der Waals surface area (Å²) >= 11 is 1.69. The van der Waals surface area contributed by atoms with Gasteiger partial charge in [0.2, 0.25) is 5.95 Å². The van der Waals surface area contributed by atoms with Crippen LogP contribution in [0.3, 0.4) is 0 Å². The fourth-order valence-electron chi connectivity index (χ4n) is 0.901. The van der Waals surface area contributed by atoms with Gasteiger partial charge in [-0.3, -0.25) is 0 Å². The van der Waals surface area contributed by atoms with Gasteiger partial charge in [0, 0.05) is 0 Å². The second kappa shape index (κ2) is 4.23. The Morgan fingerprint density at radius 2 is 2.15 bits per heavy atom. The third-order valence-corrected chi connectivity index (χ3v) is 2.01. The van der Waals surface area contributed by atoms with E-state index in [1.807, 2.05) is 0 Å². The van der Waals surface area contributed by atoms with Crippen molar-refractivity contribution in [1.29, 1.82) is 0 Å². The molecule has 0 spiro atoms. The number of aliphatic hydroxyl groups is 1. The molecule has 0 aliphatic heterocycles. The van der Waals surface area contributed by atoms with E-state index in [1.54, 1.807) is 22.6 Å². The van der Waals surface area contributed by atoms with Gasteiger partial charge in [-0.25, -0.2) is 13.8 Å². The van der Waals surface area contributed by atoms with E-state index in [9.17, 15) is 13.2 Å². The van der Waals surface area contributed by atoms with Crippen LogP contribution in [0, 0.1) is 9.65 Å². The van der Waals surface area contributed by atoms with E-state index >= 15 is 0 Å². The summed E-state index contributed by atoms with van der Waals surface area (Å²) in [5.41, 5.74) is -0.935. The van der Waals surface area contributed by atoms with Crippen molar-refractivity contribution in [2.45, 2.75) is 13.0 Å². The number of hydrogen-bond acceptors (Lipinski definition) is 2. The fraction of sp³-hybridized carbons (Fsp3) is 0.286. The molecule has 1 heterocycles. The van der Waals surface area contributed by atoms with Gasteiger partial charge in [-0.15, -0.1) is 0 Å². The summed E-state index contributed by atoms with van der Waals surface area (Å²) in [7, 11) is 0. The van der Waals surface area contributed by atoms with E-state index in [4.69, 9.17) is 5.11 Å². The second-order valence-electron chi connectivity index (χ2n) is 2.27. The van der Waals surface area contributed by atoms with Crippen molar-refractivity contribution in [2.75, 3.05) is 0 Å². The summed E-state index contributed by atoms with van der Waals surface area (Å²) in [4.78, 5) is 3.23. The zero-order valence-corrected chi connectivity index (χ0v) is 8.43. The maximum Gasteiger partial charge on any atom is 0.268 e. The summed E-state index contributed by atoms with van der Waals surface area (Å²) in [6.07, 6.45) is -2.95. The van der Waals surface area contributed by atoms with Crippen molar-refractivity contribution in [1.82, 2.24) is 4.98 Å². The van der Waals surface area contributed by atoms with Crippen molar-refractivity contribution in [3.63, 3.8) is 0 Å². The predicted octanol–water partition coefficient (Wildman–Crippen LogP) is 2.26. The Labute approximate surface area is 85.9 Å². The van der Waals surface area contributed by atoms with Gasteiger partial charge in [0.1, 0.15) is 3.70 Å². The van der Waals surface area contributed by atoms with Crippen LogP contribution in [0.5, 0.6) is 0 Å². The van der Waals surface area contributed by atoms with Crippen LogP contribution in [-0.4, -0.2) is 10.1 Å². The Hall–Kier alpha value is -0.370. The Bertz CT molecular complexity index is 319. The van der Waals surface area contributed by atoms with Gasteiger partial charge in [-0.2, -0.15) is 4.39 Å². The maximum absolute atomic E-state index is 12.8. The first-order chi connectivity index (χ1) is 6.06. The number of alkyl halides is 2. The Balaban J connectivity index is 3.30. The molecule has 0 radical (unpaired) electrons. The molecular formula is C7H5F3INO. The SMILES string of the molecule is OCc1cc(I)nc(F)c1C(F)F. The normalized spacial score (nSPS) is 10.9. The van der Waals surface area contributed by atoms with Crippen LogP contribution in [0.15, 0.2) is 6.07 Å². The Morgan fingerprint density at radius 1 is 1.54 bits per heavy atom. The van der Waals surface area contributed by atoms with Gasteiger partial charge in [0.05, 0.1) is 12.2 Å². The molecule has 0 fully saturated rings. The number of halogens is 4. The standard InChI is InChI=1S/C7H5F3INO/c8-6(9)5-3(2-13)1-4(11)12-7(5)10/h1,6,13H,2H2. The topological polar surface area (TPSA) is 33.1 Å². The van der Waals surface area contributed by atoms with E-state index in [0.717, 1.165) is 0 Å². The molecule has 72 valence electrons. The summed E-state index contributed by atoms with van der Waals surface area (Å²) < 4.78 is 37.5. The first-order valence-electron chi connectivity index (χ1n) is 3.30. The molecule has 1 aromatic heterocycles. The van der Waals surface area contributed by atoms with Crippen LogP contribution in [0.1, 0.15) is 17.6 Å². The third-order valence-electron chi connectivity index (χ3n) is 1.46. The van der Waals surface area contributed by atoms with E-state index in [-0.39, 0.29) is 9.26 Å². The number of hydrogen-bond donors (Lipinski definition) is 1. The molecule has 0 aromatic carbocycles. The molecule has 0 saturated carbocycles. The lowest BCUT2D eigenvalue weighted by molar-refractivity contribution is 0.140. The second-order valence-corrected chi connectivity index (χ2v) is 3.37. The lowest BCUT2D eigenvalue weighted by Crippen LogP contribution is -2.03. The average molecular weight is 303 g/mol. The van der Waals surface area contributed by atoms with Gasteiger partial charge in [-0.1, -0.05) is 0 Å². The van der Waals surface area contributed by atoms with Gasteiger partial charge in [0.15, 0.2) is 0 Å². The van der Waals surface area contributed by atoms with Crippen LogP contribution in [-0.2, 0) is 6.61 Å². The van der Waals surface area contributed by atoms with Crippen molar-refractivity contribution in [2.24, 2.45) is 0 Å². The van der Waals surface area contributed by atoms with Crippen molar-refractivity contribution in [3.8, 4) is 0 Å². The first-order valence-corrected chi connectivity index (χ1v) is 4.38. The smallest absolute Gasteiger partial charge is 0.268 e. The van der Waals surface area contributed by atoms with E-state index < -0.39 is 24.5 Å². The molecule has 0 aliphatic carbocycles. The van der Waals surface area contributed by atoms with E-state index in [0.29, 0.717) is 0 Å². The largest absolute Gasteiger partial charge is 0.392 e. The summed E-state index contributed by atoms with van der Waals surface area (Å²) in [5.74, 6) is -1.22. The van der Waals surface area contributed by atoms with Gasteiger partial charge in [-0.05, 0) is 34.2 Å².